The summed E-state index contributed by atoms with van der Waals surface area (Å²) in [5.41, 5.74) is 5.01. The monoisotopic (exact) mass is 524 g/mol. The predicted molar refractivity (Wildman–Crippen MR) is 139 cm³/mol. The number of nitrogens with one attached hydrogen (secondary N) is 4. The molecule has 3 amide bonds. The molecule has 6 N–H and O–H groups in total. The average molecular weight is 525 g/mol. The number of anilines is 1. The van der Waals surface area contributed by atoms with Crippen molar-refractivity contribution < 1.29 is 14.4 Å². The zero-order valence-corrected chi connectivity index (χ0v) is 20.4. The van der Waals surface area contributed by atoms with Crippen LogP contribution in [0.25, 0.3) is 11.1 Å². The summed E-state index contributed by atoms with van der Waals surface area (Å²) in [6, 6.07) is 19.1. The number of nitrogens with two attached hydrogens (primary N) is 1. The maximum atomic E-state index is 12.6. The first-order valence-corrected chi connectivity index (χ1v) is 11.5. The number of rotatable bonds is 9. The van der Waals surface area contributed by atoms with Gasteiger partial charge in [0.25, 0.3) is 11.8 Å². The van der Waals surface area contributed by atoms with Gasteiger partial charge in [-0.25, -0.2) is 0 Å². The summed E-state index contributed by atoms with van der Waals surface area (Å²) in [5.74, 6) is 3.85. The summed E-state index contributed by atoms with van der Waals surface area (Å²) in [5, 5.41) is 17.2. The van der Waals surface area contributed by atoms with Gasteiger partial charge in [-0.3, -0.25) is 20.2 Å². The van der Waals surface area contributed by atoms with Gasteiger partial charge in [-0.2, -0.15) is 5.26 Å². The van der Waals surface area contributed by atoms with Gasteiger partial charge in [0, 0.05) is 18.7 Å². The molecular weight excluding hydrogens is 503 g/mol. The molecule has 0 aliphatic rings. The van der Waals surface area contributed by atoms with Crippen molar-refractivity contribution in [1.82, 2.24) is 16.0 Å². The van der Waals surface area contributed by atoms with Crippen molar-refractivity contribution in [3.8, 4) is 17.2 Å². The number of carbonyl (C=O) groups excluding carboxylic acids is 3. The van der Waals surface area contributed by atoms with Crippen molar-refractivity contribution in [2.24, 2.45) is 5.84 Å². The van der Waals surface area contributed by atoms with Crippen molar-refractivity contribution in [3.05, 3.63) is 87.4 Å². The van der Waals surface area contributed by atoms with Crippen molar-refractivity contribution >= 4 is 46.6 Å². The summed E-state index contributed by atoms with van der Waals surface area (Å²) >= 11 is 12.6. The minimum Gasteiger partial charge on any atom is -0.353 e. The fourth-order valence-electron chi connectivity index (χ4n) is 3.29. The predicted octanol–water partition coefficient (Wildman–Crippen LogP) is 3.09. The second-order valence-corrected chi connectivity index (χ2v) is 8.34. The highest BCUT2D eigenvalue weighted by atomic mass is 35.5. The van der Waals surface area contributed by atoms with Crippen LogP contribution in [-0.4, -0.2) is 37.4 Å². The van der Waals surface area contributed by atoms with Gasteiger partial charge < -0.3 is 21.4 Å². The Bertz CT molecular complexity index is 1300. The lowest BCUT2D eigenvalue weighted by atomic mass is 10.0. The summed E-state index contributed by atoms with van der Waals surface area (Å²) in [6.07, 6.45) is 0. The van der Waals surface area contributed by atoms with Gasteiger partial charge in [0.1, 0.15) is 0 Å². The van der Waals surface area contributed by atoms with E-state index in [0.29, 0.717) is 5.69 Å². The molecule has 0 saturated heterocycles. The van der Waals surface area contributed by atoms with Gasteiger partial charge in [-0.05, 0) is 41.5 Å². The molecule has 0 unspecified atom stereocenters. The molecule has 3 aromatic carbocycles. The first-order chi connectivity index (χ1) is 17.3. The minimum absolute atomic E-state index is 0.112. The Morgan fingerprint density at radius 1 is 0.833 bits per heavy atom. The maximum Gasteiger partial charge on any atom is 0.254 e. The lowest BCUT2D eigenvalue weighted by Gasteiger charge is -2.12. The molecule has 0 heterocycles. The van der Waals surface area contributed by atoms with E-state index in [1.165, 1.54) is 18.2 Å². The van der Waals surface area contributed by atoms with E-state index in [4.69, 9.17) is 34.3 Å². The molecule has 0 radical (unpaired) electrons. The lowest BCUT2D eigenvalue weighted by molar-refractivity contribution is -0.120. The molecule has 0 fully saturated rings. The Labute approximate surface area is 217 Å². The molecule has 11 heteroatoms. The van der Waals surface area contributed by atoms with Crippen molar-refractivity contribution in [3.63, 3.8) is 0 Å². The van der Waals surface area contributed by atoms with E-state index in [9.17, 15) is 14.4 Å². The Morgan fingerprint density at radius 3 is 2.14 bits per heavy atom. The van der Waals surface area contributed by atoms with E-state index in [2.05, 4.69) is 21.4 Å². The number of nitrogen functional groups attached to an aromatic ring is 1. The van der Waals surface area contributed by atoms with Crippen LogP contribution in [0, 0.1) is 11.3 Å². The van der Waals surface area contributed by atoms with Gasteiger partial charge in [-0.1, -0.05) is 53.5 Å². The molecule has 3 aromatic rings. The SMILES string of the molecule is N#Cc1cc(NN)cc(C(=O)NCC(=O)NCCNC(=O)c2c(Cl)cc(-c3ccccc3)cc2Cl)c1. The van der Waals surface area contributed by atoms with Gasteiger partial charge in [0.05, 0.1) is 39.5 Å². The van der Waals surface area contributed by atoms with E-state index in [1.54, 1.807) is 12.1 Å². The van der Waals surface area contributed by atoms with E-state index in [0.717, 1.165) is 11.1 Å². The quantitative estimate of drug-likeness (QED) is 0.165. The number of halogens is 2. The topological polar surface area (TPSA) is 149 Å². The molecule has 3 rings (SSSR count). The lowest BCUT2D eigenvalue weighted by Crippen LogP contribution is -2.40. The van der Waals surface area contributed by atoms with Gasteiger partial charge in [0.15, 0.2) is 0 Å². The van der Waals surface area contributed by atoms with Crippen LogP contribution < -0.4 is 27.2 Å². The van der Waals surface area contributed by atoms with Crippen molar-refractivity contribution in [2.45, 2.75) is 0 Å². The second kappa shape index (κ2) is 12.6. The standard InChI is InChI=1S/C25H22Cl2N6O3/c26-20-11-17(16-4-2-1-3-5-16)12-21(27)23(20)25(36)31-7-6-30-22(34)14-32-24(35)18-8-15(13-28)9-19(10-18)33-29/h1-5,8-12,33H,6-7,14,29H2,(H,30,34)(H,31,36)(H,32,35). The van der Waals surface area contributed by atoms with Crippen LogP contribution in [0.5, 0.6) is 0 Å². The molecule has 0 atom stereocenters. The third kappa shape index (κ3) is 6.96. The normalized spacial score (nSPS) is 10.2. The highest BCUT2D eigenvalue weighted by molar-refractivity contribution is 6.40. The summed E-state index contributed by atoms with van der Waals surface area (Å²) in [4.78, 5) is 36.9. The Hall–Kier alpha value is -4.10. The Morgan fingerprint density at radius 2 is 1.50 bits per heavy atom. The number of hydrazine groups is 1. The molecule has 0 bridgehead atoms. The number of hydrogen-bond acceptors (Lipinski definition) is 6. The number of amides is 3. The number of benzene rings is 3. The maximum absolute atomic E-state index is 12.6. The highest BCUT2D eigenvalue weighted by Gasteiger charge is 2.17. The number of nitrogens with zero attached hydrogens (tertiary/aromatic N) is 1. The van der Waals surface area contributed by atoms with Crippen LogP contribution in [0.1, 0.15) is 26.3 Å². The Balaban J connectivity index is 1.47. The summed E-state index contributed by atoms with van der Waals surface area (Å²) in [6.45, 7) is -0.0716. The van der Waals surface area contributed by atoms with Crippen LogP contribution in [-0.2, 0) is 4.79 Å². The molecular formula is C25H22Cl2N6O3. The molecule has 9 nitrogen and oxygen atoms in total. The largest absolute Gasteiger partial charge is 0.353 e. The van der Waals surface area contributed by atoms with Crippen LogP contribution in [0.2, 0.25) is 10.0 Å². The minimum atomic E-state index is -0.546. The fraction of sp³-hybridized carbons (Fsp3) is 0.120. The van der Waals surface area contributed by atoms with Gasteiger partial charge in [-0.15, -0.1) is 0 Å². The van der Waals surface area contributed by atoms with Gasteiger partial charge >= 0.3 is 0 Å². The molecule has 0 aliphatic carbocycles. The second-order valence-electron chi connectivity index (χ2n) is 7.52. The summed E-state index contributed by atoms with van der Waals surface area (Å²) in [7, 11) is 0. The van der Waals surface area contributed by atoms with E-state index in [-0.39, 0.29) is 46.4 Å². The van der Waals surface area contributed by atoms with Crippen LogP contribution >= 0.6 is 23.2 Å². The van der Waals surface area contributed by atoms with E-state index >= 15 is 0 Å². The molecule has 0 saturated carbocycles. The average Bonchev–Trinajstić information content (AvgIpc) is 2.89. The fourth-order valence-corrected chi connectivity index (χ4v) is 3.94. The highest BCUT2D eigenvalue weighted by Crippen LogP contribution is 2.31. The number of hydrogen-bond donors (Lipinski definition) is 5. The molecule has 184 valence electrons. The molecule has 0 aromatic heterocycles. The van der Waals surface area contributed by atoms with E-state index in [1.807, 2.05) is 36.4 Å². The van der Waals surface area contributed by atoms with Gasteiger partial charge in [0.2, 0.25) is 5.91 Å². The van der Waals surface area contributed by atoms with Crippen LogP contribution in [0.4, 0.5) is 5.69 Å². The molecule has 0 aliphatic heterocycles. The van der Waals surface area contributed by atoms with E-state index < -0.39 is 17.7 Å². The van der Waals surface area contributed by atoms with Crippen LogP contribution in [0.3, 0.4) is 0 Å². The molecule has 36 heavy (non-hydrogen) atoms. The third-order valence-corrected chi connectivity index (χ3v) is 5.61. The first kappa shape index (κ1) is 26.5. The number of carbonyl (C=O) groups is 3. The number of nitriles is 1. The van der Waals surface area contributed by atoms with Crippen LogP contribution in [0.15, 0.2) is 60.7 Å². The zero-order valence-electron chi connectivity index (χ0n) is 18.9. The van der Waals surface area contributed by atoms with Crippen molar-refractivity contribution in [2.75, 3.05) is 25.1 Å². The summed E-state index contributed by atoms with van der Waals surface area (Å²) < 4.78 is 0. The zero-order chi connectivity index (χ0) is 26.1. The first-order valence-electron chi connectivity index (χ1n) is 10.7. The smallest absolute Gasteiger partial charge is 0.254 e. The van der Waals surface area contributed by atoms with Crippen molar-refractivity contribution in [1.29, 1.82) is 5.26 Å². The third-order valence-electron chi connectivity index (χ3n) is 5.01. The Kier molecular flexibility index (Phi) is 9.25. The molecule has 0 spiro atoms.